The molecule has 1 heterocycles. The Hall–Kier alpha value is -2.74. The van der Waals surface area contributed by atoms with E-state index in [0.717, 1.165) is 11.4 Å². The molecule has 0 unspecified atom stereocenters. The molecular weight excluding hydrogens is 348 g/mol. The molecule has 0 spiro atoms. The largest absolute Gasteiger partial charge is 0.493 e. The fourth-order valence-corrected chi connectivity index (χ4v) is 2.55. The molecule has 8 nitrogen and oxygen atoms in total. The number of benzene rings is 1. The molecule has 0 aliphatic heterocycles. The minimum Gasteiger partial charge on any atom is -0.493 e. The summed E-state index contributed by atoms with van der Waals surface area (Å²) in [6, 6.07) is 4.75. The summed E-state index contributed by atoms with van der Waals surface area (Å²) < 4.78 is 11.8. The third kappa shape index (κ3) is 4.42. The van der Waals surface area contributed by atoms with E-state index >= 15 is 0 Å². The number of hydrazine groups is 1. The number of carbonyl (C=O) groups is 2. The van der Waals surface area contributed by atoms with Crippen LogP contribution < -0.4 is 20.3 Å². The number of nitrogens with one attached hydrogen (secondary N) is 2. The summed E-state index contributed by atoms with van der Waals surface area (Å²) in [6.07, 6.45) is 0. The third-order valence-corrected chi connectivity index (χ3v) is 3.69. The van der Waals surface area contributed by atoms with Gasteiger partial charge in [-0.2, -0.15) is 5.10 Å². The summed E-state index contributed by atoms with van der Waals surface area (Å²) in [6.45, 7) is 3.67. The number of methoxy groups -OCH3 is 2. The highest BCUT2D eigenvalue weighted by atomic mass is 35.5. The van der Waals surface area contributed by atoms with Gasteiger partial charge in [-0.1, -0.05) is 11.6 Å². The molecule has 0 bridgehead atoms. The second kappa shape index (κ2) is 7.89. The minimum atomic E-state index is -0.537. The van der Waals surface area contributed by atoms with Crippen LogP contribution in [0.5, 0.6) is 11.5 Å². The normalized spacial score (nSPS) is 10.3. The zero-order chi connectivity index (χ0) is 18.6. The lowest BCUT2D eigenvalue weighted by Gasteiger charge is -2.12. The Morgan fingerprint density at radius 3 is 2.44 bits per heavy atom. The molecule has 0 radical (unpaired) electrons. The SMILES string of the molecule is COc1cc(C(=O)NNC(=O)Cn2nc(C)cc2C)cc(Cl)c1OC. The molecule has 0 saturated carbocycles. The van der Waals surface area contributed by atoms with E-state index in [9.17, 15) is 9.59 Å². The lowest BCUT2D eigenvalue weighted by Crippen LogP contribution is -2.43. The Kier molecular flexibility index (Phi) is 5.87. The van der Waals surface area contributed by atoms with Crippen molar-refractivity contribution >= 4 is 23.4 Å². The van der Waals surface area contributed by atoms with Crippen molar-refractivity contribution in [1.29, 1.82) is 0 Å². The molecule has 1 aromatic carbocycles. The predicted molar refractivity (Wildman–Crippen MR) is 91.9 cm³/mol. The Morgan fingerprint density at radius 2 is 1.88 bits per heavy atom. The smallest absolute Gasteiger partial charge is 0.269 e. The van der Waals surface area contributed by atoms with Crippen LogP contribution in [-0.4, -0.2) is 35.8 Å². The van der Waals surface area contributed by atoms with Crippen molar-refractivity contribution in [3.63, 3.8) is 0 Å². The van der Waals surface area contributed by atoms with Gasteiger partial charge in [0.2, 0.25) is 0 Å². The number of hydrogen-bond donors (Lipinski definition) is 2. The first kappa shape index (κ1) is 18.6. The van der Waals surface area contributed by atoms with Crippen molar-refractivity contribution in [3.05, 3.63) is 40.2 Å². The van der Waals surface area contributed by atoms with Crippen LogP contribution in [0.15, 0.2) is 18.2 Å². The number of hydrogen-bond acceptors (Lipinski definition) is 5. The maximum atomic E-state index is 12.2. The van der Waals surface area contributed by atoms with Gasteiger partial charge in [0.15, 0.2) is 11.5 Å². The summed E-state index contributed by atoms with van der Waals surface area (Å²) in [5, 5.41) is 4.41. The molecule has 0 fully saturated rings. The van der Waals surface area contributed by atoms with Crippen molar-refractivity contribution in [3.8, 4) is 11.5 Å². The monoisotopic (exact) mass is 366 g/mol. The number of nitrogens with zero attached hydrogens (tertiary/aromatic N) is 2. The first-order chi connectivity index (χ1) is 11.8. The second-order valence-corrected chi connectivity index (χ2v) is 5.69. The van der Waals surface area contributed by atoms with Gasteiger partial charge in [0.1, 0.15) is 6.54 Å². The molecule has 0 aliphatic rings. The molecule has 134 valence electrons. The standard InChI is InChI=1S/C16H19ClN4O4/c1-9-5-10(2)21(20-9)8-14(22)18-19-16(23)11-6-12(17)15(25-4)13(7-11)24-3/h5-7H,8H2,1-4H3,(H,18,22)(H,19,23). The van der Waals surface area contributed by atoms with Crippen molar-refractivity contribution < 1.29 is 19.1 Å². The van der Waals surface area contributed by atoms with Crippen molar-refractivity contribution in [2.45, 2.75) is 20.4 Å². The van der Waals surface area contributed by atoms with Crippen LogP contribution >= 0.6 is 11.6 Å². The molecule has 25 heavy (non-hydrogen) atoms. The summed E-state index contributed by atoms with van der Waals surface area (Å²) in [5.41, 5.74) is 6.55. The summed E-state index contributed by atoms with van der Waals surface area (Å²) in [7, 11) is 2.88. The number of aromatic nitrogens is 2. The van der Waals surface area contributed by atoms with Crippen molar-refractivity contribution in [2.24, 2.45) is 0 Å². The van der Waals surface area contributed by atoms with Crippen LogP contribution in [0.1, 0.15) is 21.7 Å². The van der Waals surface area contributed by atoms with Gasteiger partial charge in [0.25, 0.3) is 11.8 Å². The number of amides is 2. The van der Waals surface area contributed by atoms with Crippen molar-refractivity contribution in [2.75, 3.05) is 14.2 Å². The Bertz CT molecular complexity index is 804. The fourth-order valence-electron chi connectivity index (χ4n) is 2.26. The fraction of sp³-hybridized carbons (Fsp3) is 0.312. The van der Waals surface area contributed by atoms with E-state index in [4.69, 9.17) is 21.1 Å². The molecule has 2 amide bonds. The molecule has 2 aromatic rings. The van der Waals surface area contributed by atoms with Gasteiger partial charge in [-0.25, -0.2) is 0 Å². The molecule has 2 N–H and O–H groups in total. The zero-order valence-corrected chi connectivity index (χ0v) is 15.1. The van der Waals surface area contributed by atoms with Crippen LogP contribution in [0.4, 0.5) is 0 Å². The second-order valence-electron chi connectivity index (χ2n) is 5.28. The lowest BCUT2D eigenvalue weighted by atomic mass is 10.2. The molecule has 0 aliphatic carbocycles. The third-order valence-electron chi connectivity index (χ3n) is 3.41. The molecular formula is C16H19ClN4O4. The van der Waals surface area contributed by atoms with E-state index in [1.807, 2.05) is 19.9 Å². The summed E-state index contributed by atoms with van der Waals surface area (Å²) in [4.78, 5) is 24.1. The quantitative estimate of drug-likeness (QED) is 0.784. The Morgan fingerprint density at radius 1 is 1.16 bits per heavy atom. The van der Waals surface area contributed by atoms with Crippen LogP contribution in [-0.2, 0) is 11.3 Å². The van der Waals surface area contributed by atoms with E-state index in [2.05, 4.69) is 16.0 Å². The molecule has 2 rings (SSSR count). The molecule has 0 atom stereocenters. The first-order valence-electron chi connectivity index (χ1n) is 7.37. The van der Waals surface area contributed by atoms with Gasteiger partial charge in [-0.3, -0.25) is 25.1 Å². The topological polar surface area (TPSA) is 94.5 Å². The van der Waals surface area contributed by atoms with Gasteiger partial charge < -0.3 is 9.47 Å². The van der Waals surface area contributed by atoms with Gasteiger partial charge in [-0.15, -0.1) is 0 Å². The first-order valence-corrected chi connectivity index (χ1v) is 7.75. The van der Waals surface area contributed by atoms with Gasteiger partial charge in [0.05, 0.1) is 24.9 Å². The zero-order valence-electron chi connectivity index (χ0n) is 14.3. The van der Waals surface area contributed by atoms with Gasteiger partial charge >= 0.3 is 0 Å². The van der Waals surface area contributed by atoms with Crippen LogP contribution in [0.25, 0.3) is 0 Å². The van der Waals surface area contributed by atoms with Crippen LogP contribution in [0, 0.1) is 13.8 Å². The van der Waals surface area contributed by atoms with E-state index < -0.39 is 11.8 Å². The molecule has 9 heteroatoms. The number of carbonyl (C=O) groups excluding carboxylic acids is 2. The maximum absolute atomic E-state index is 12.2. The lowest BCUT2D eigenvalue weighted by molar-refractivity contribution is -0.122. The Labute approximate surface area is 150 Å². The highest BCUT2D eigenvalue weighted by molar-refractivity contribution is 6.32. The molecule has 0 saturated heterocycles. The number of ether oxygens (including phenoxy) is 2. The Balaban J connectivity index is 2.01. The van der Waals surface area contributed by atoms with E-state index in [-0.39, 0.29) is 17.1 Å². The highest BCUT2D eigenvalue weighted by Crippen LogP contribution is 2.35. The van der Waals surface area contributed by atoms with E-state index in [0.29, 0.717) is 11.5 Å². The number of halogens is 1. The predicted octanol–water partition coefficient (Wildman–Crippen LogP) is 1.63. The van der Waals surface area contributed by atoms with Gasteiger partial charge in [-0.05, 0) is 32.0 Å². The van der Waals surface area contributed by atoms with E-state index in [1.165, 1.54) is 26.4 Å². The number of rotatable bonds is 5. The highest BCUT2D eigenvalue weighted by Gasteiger charge is 2.16. The summed E-state index contributed by atoms with van der Waals surface area (Å²) in [5.74, 6) is -0.306. The van der Waals surface area contributed by atoms with E-state index in [1.54, 1.807) is 4.68 Å². The average Bonchev–Trinajstić information content (AvgIpc) is 2.88. The van der Waals surface area contributed by atoms with Crippen LogP contribution in [0.3, 0.4) is 0 Å². The summed E-state index contributed by atoms with van der Waals surface area (Å²) >= 11 is 6.06. The minimum absolute atomic E-state index is 0.00730. The van der Waals surface area contributed by atoms with Gasteiger partial charge in [0, 0.05) is 11.3 Å². The average molecular weight is 367 g/mol. The maximum Gasteiger partial charge on any atom is 0.269 e. The number of aryl methyl sites for hydroxylation is 2. The molecule has 1 aromatic heterocycles. The van der Waals surface area contributed by atoms with Crippen LogP contribution in [0.2, 0.25) is 5.02 Å². The van der Waals surface area contributed by atoms with Crippen molar-refractivity contribution in [1.82, 2.24) is 20.6 Å².